The Hall–Kier alpha value is -2.64. The summed E-state index contributed by atoms with van der Waals surface area (Å²) in [7, 11) is 1.74. The Labute approximate surface area is 145 Å². The third-order valence-electron chi connectivity index (χ3n) is 4.38. The van der Waals surface area contributed by atoms with E-state index in [0.717, 1.165) is 12.8 Å². The molecule has 0 spiro atoms. The Bertz CT molecular complexity index is 764. The minimum Gasteiger partial charge on any atom is -0.361 e. The van der Waals surface area contributed by atoms with Crippen molar-refractivity contribution in [2.45, 2.75) is 26.7 Å². The second-order valence-corrected chi connectivity index (χ2v) is 6.59. The van der Waals surface area contributed by atoms with E-state index in [1.807, 2.05) is 0 Å². The van der Waals surface area contributed by atoms with E-state index in [1.165, 1.54) is 0 Å². The molecular weight excluding hydrogens is 324 g/mol. The molecule has 3 heterocycles. The number of carbonyl (C=O) groups is 2. The Morgan fingerprint density at radius 1 is 1.20 bits per heavy atom. The highest BCUT2D eigenvalue weighted by Gasteiger charge is 2.28. The first-order valence-corrected chi connectivity index (χ1v) is 8.35. The van der Waals surface area contributed by atoms with Crippen LogP contribution in [0.1, 0.15) is 45.3 Å². The number of aromatic nitrogens is 2. The first kappa shape index (κ1) is 17.2. The number of likely N-dealkylation sites (tertiary alicyclic amines) is 1. The highest BCUT2D eigenvalue weighted by Crippen LogP contribution is 2.20. The smallest absolute Gasteiger partial charge is 0.276 e. The molecule has 0 radical (unpaired) electrons. The summed E-state index contributed by atoms with van der Waals surface area (Å²) < 4.78 is 9.94. The van der Waals surface area contributed by atoms with Gasteiger partial charge in [0.2, 0.25) is 0 Å². The van der Waals surface area contributed by atoms with Crippen molar-refractivity contribution in [3.05, 3.63) is 35.0 Å². The van der Waals surface area contributed by atoms with E-state index in [1.54, 1.807) is 42.8 Å². The normalized spacial score (nSPS) is 17.6. The van der Waals surface area contributed by atoms with Gasteiger partial charge < -0.3 is 18.8 Å². The Kier molecular flexibility index (Phi) is 4.87. The van der Waals surface area contributed by atoms with Crippen LogP contribution in [0.2, 0.25) is 0 Å². The molecule has 0 saturated carbocycles. The standard InChI is InChI=1S/C17H22N4O4/c1-11-7-14(18-24-11)16(22)20(3)9-13-5-4-6-21(10-13)17(23)15-8-12(2)25-19-15/h7-8,13H,4-6,9-10H2,1-3H3/t13-/m0/s1. The van der Waals surface area contributed by atoms with E-state index in [0.29, 0.717) is 42.5 Å². The second kappa shape index (κ2) is 7.08. The molecule has 1 atom stereocenters. The van der Waals surface area contributed by atoms with Gasteiger partial charge in [0.25, 0.3) is 11.8 Å². The monoisotopic (exact) mass is 346 g/mol. The summed E-state index contributed by atoms with van der Waals surface area (Å²) in [5.41, 5.74) is 0.641. The van der Waals surface area contributed by atoms with Crippen molar-refractivity contribution in [1.82, 2.24) is 20.1 Å². The molecule has 1 aliphatic heterocycles. The quantitative estimate of drug-likeness (QED) is 0.839. The fourth-order valence-electron chi connectivity index (χ4n) is 3.16. The van der Waals surface area contributed by atoms with E-state index in [9.17, 15) is 9.59 Å². The topological polar surface area (TPSA) is 92.7 Å². The van der Waals surface area contributed by atoms with E-state index in [-0.39, 0.29) is 17.7 Å². The Morgan fingerprint density at radius 2 is 1.84 bits per heavy atom. The number of carbonyl (C=O) groups excluding carboxylic acids is 2. The van der Waals surface area contributed by atoms with Crippen LogP contribution in [-0.2, 0) is 0 Å². The van der Waals surface area contributed by atoms with Crippen molar-refractivity contribution >= 4 is 11.8 Å². The largest absolute Gasteiger partial charge is 0.361 e. The molecule has 25 heavy (non-hydrogen) atoms. The summed E-state index contributed by atoms with van der Waals surface area (Å²) >= 11 is 0. The van der Waals surface area contributed by atoms with Gasteiger partial charge in [-0.25, -0.2) is 0 Å². The zero-order valence-electron chi connectivity index (χ0n) is 14.7. The fraction of sp³-hybridized carbons (Fsp3) is 0.529. The maximum Gasteiger partial charge on any atom is 0.276 e. The predicted octanol–water partition coefficient (Wildman–Crippen LogP) is 1.90. The van der Waals surface area contributed by atoms with Crippen LogP contribution in [0, 0.1) is 19.8 Å². The molecule has 0 bridgehead atoms. The average molecular weight is 346 g/mol. The molecule has 0 aromatic carbocycles. The van der Waals surface area contributed by atoms with E-state index in [4.69, 9.17) is 9.05 Å². The van der Waals surface area contributed by atoms with E-state index < -0.39 is 0 Å². The summed E-state index contributed by atoms with van der Waals surface area (Å²) in [5.74, 6) is 1.14. The lowest BCUT2D eigenvalue weighted by Crippen LogP contribution is -2.44. The highest BCUT2D eigenvalue weighted by molar-refractivity contribution is 5.92. The van der Waals surface area contributed by atoms with Crippen LogP contribution in [0.25, 0.3) is 0 Å². The fourth-order valence-corrected chi connectivity index (χ4v) is 3.16. The van der Waals surface area contributed by atoms with Gasteiger partial charge in [-0.15, -0.1) is 0 Å². The zero-order valence-corrected chi connectivity index (χ0v) is 14.7. The van der Waals surface area contributed by atoms with Crippen molar-refractivity contribution < 1.29 is 18.6 Å². The van der Waals surface area contributed by atoms with Crippen molar-refractivity contribution in [1.29, 1.82) is 0 Å². The average Bonchev–Trinajstić information content (AvgIpc) is 3.22. The first-order valence-electron chi connectivity index (χ1n) is 8.35. The van der Waals surface area contributed by atoms with Gasteiger partial charge in [-0.05, 0) is 32.6 Å². The molecule has 0 unspecified atom stereocenters. The molecule has 1 fully saturated rings. The van der Waals surface area contributed by atoms with Gasteiger partial charge in [0.1, 0.15) is 11.5 Å². The molecule has 3 rings (SSSR count). The summed E-state index contributed by atoms with van der Waals surface area (Å²) in [5, 5.41) is 7.56. The van der Waals surface area contributed by atoms with Gasteiger partial charge in [0.05, 0.1) is 0 Å². The molecule has 1 aliphatic rings. The van der Waals surface area contributed by atoms with Crippen molar-refractivity contribution in [2.24, 2.45) is 5.92 Å². The minimum absolute atomic E-state index is 0.123. The molecule has 2 amide bonds. The number of amides is 2. The second-order valence-electron chi connectivity index (χ2n) is 6.59. The molecule has 134 valence electrons. The minimum atomic E-state index is -0.174. The van der Waals surface area contributed by atoms with Gasteiger partial charge >= 0.3 is 0 Å². The van der Waals surface area contributed by atoms with Gasteiger partial charge in [0, 0.05) is 38.8 Å². The number of nitrogens with zero attached hydrogens (tertiary/aromatic N) is 4. The molecule has 2 aromatic heterocycles. The van der Waals surface area contributed by atoms with Crippen LogP contribution in [0.15, 0.2) is 21.2 Å². The summed E-state index contributed by atoms with van der Waals surface area (Å²) in [6, 6.07) is 3.27. The predicted molar refractivity (Wildman–Crippen MR) is 88.1 cm³/mol. The number of aryl methyl sites for hydroxylation is 2. The summed E-state index contributed by atoms with van der Waals surface area (Å²) in [6.07, 6.45) is 1.87. The molecule has 8 nitrogen and oxygen atoms in total. The number of piperidine rings is 1. The summed E-state index contributed by atoms with van der Waals surface area (Å²) in [4.78, 5) is 28.3. The Morgan fingerprint density at radius 3 is 2.44 bits per heavy atom. The van der Waals surface area contributed by atoms with Crippen LogP contribution in [-0.4, -0.2) is 58.6 Å². The number of hydrogen-bond acceptors (Lipinski definition) is 6. The third-order valence-corrected chi connectivity index (χ3v) is 4.38. The molecule has 0 N–H and O–H groups in total. The lowest BCUT2D eigenvalue weighted by molar-refractivity contribution is 0.0607. The summed E-state index contributed by atoms with van der Waals surface area (Å²) in [6.45, 7) is 5.36. The SMILES string of the molecule is Cc1cc(C(=O)N(C)C[C@@H]2CCCN(C(=O)c3cc(C)on3)C2)no1. The van der Waals surface area contributed by atoms with Crippen LogP contribution in [0.3, 0.4) is 0 Å². The van der Waals surface area contributed by atoms with Crippen LogP contribution in [0.5, 0.6) is 0 Å². The van der Waals surface area contributed by atoms with Crippen LogP contribution < -0.4 is 0 Å². The zero-order chi connectivity index (χ0) is 18.0. The van der Waals surface area contributed by atoms with Crippen LogP contribution in [0.4, 0.5) is 0 Å². The molecule has 8 heteroatoms. The maximum absolute atomic E-state index is 12.5. The number of rotatable bonds is 4. The molecule has 2 aromatic rings. The van der Waals surface area contributed by atoms with E-state index >= 15 is 0 Å². The van der Waals surface area contributed by atoms with E-state index in [2.05, 4.69) is 10.3 Å². The first-order chi connectivity index (χ1) is 11.9. The lowest BCUT2D eigenvalue weighted by Gasteiger charge is -2.34. The number of hydrogen-bond donors (Lipinski definition) is 0. The molecular formula is C17H22N4O4. The molecule has 0 aliphatic carbocycles. The third kappa shape index (κ3) is 3.89. The Balaban J connectivity index is 1.59. The molecule has 1 saturated heterocycles. The van der Waals surface area contributed by atoms with Crippen molar-refractivity contribution in [2.75, 3.05) is 26.7 Å². The van der Waals surface area contributed by atoms with Gasteiger partial charge in [-0.2, -0.15) is 0 Å². The van der Waals surface area contributed by atoms with Crippen molar-refractivity contribution in [3.8, 4) is 0 Å². The van der Waals surface area contributed by atoms with Gasteiger partial charge in [-0.1, -0.05) is 10.3 Å². The van der Waals surface area contributed by atoms with Gasteiger partial charge in [-0.3, -0.25) is 9.59 Å². The van der Waals surface area contributed by atoms with Gasteiger partial charge in [0.15, 0.2) is 11.4 Å². The maximum atomic E-state index is 12.5. The highest BCUT2D eigenvalue weighted by atomic mass is 16.5. The van der Waals surface area contributed by atoms with Crippen LogP contribution >= 0.6 is 0 Å². The van der Waals surface area contributed by atoms with Crippen molar-refractivity contribution in [3.63, 3.8) is 0 Å². The lowest BCUT2D eigenvalue weighted by atomic mass is 9.97.